The first-order valence-electron chi connectivity index (χ1n) is 11.3. The fourth-order valence-electron chi connectivity index (χ4n) is 3.77. The van der Waals surface area contributed by atoms with Crippen molar-refractivity contribution in [1.29, 1.82) is 0 Å². The number of imidazole rings is 1. The number of carbonyl (C=O) groups is 1. The molecule has 0 spiro atoms. The van der Waals surface area contributed by atoms with Crippen LogP contribution in [0.1, 0.15) is 29.4 Å². The first-order chi connectivity index (χ1) is 16.6. The molecule has 0 fully saturated rings. The molecule has 0 aliphatic carbocycles. The highest BCUT2D eigenvalue weighted by atomic mass is 16.5. The summed E-state index contributed by atoms with van der Waals surface area (Å²) in [6.45, 7) is 5.58. The molecular weight excluding hydrogens is 426 g/mol. The number of hydrogen-bond acceptors (Lipinski definition) is 4. The molecule has 34 heavy (non-hydrogen) atoms. The minimum Gasteiger partial charge on any atom is -0.493 e. The van der Waals surface area contributed by atoms with Crippen LogP contribution in [0.25, 0.3) is 17.1 Å². The normalized spacial score (nSPS) is 11.1. The van der Waals surface area contributed by atoms with Gasteiger partial charge in [-0.25, -0.2) is 4.98 Å². The maximum Gasteiger partial charge on any atom is 0.244 e. The summed E-state index contributed by atoms with van der Waals surface area (Å²) >= 11 is 0. The van der Waals surface area contributed by atoms with Gasteiger partial charge in [0, 0.05) is 12.6 Å². The van der Waals surface area contributed by atoms with Gasteiger partial charge in [0.2, 0.25) is 5.91 Å². The van der Waals surface area contributed by atoms with Crippen molar-refractivity contribution in [2.75, 3.05) is 13.7 Å². The van der Waals surface area contributed by atoms with Crippen LogP contribution in [0.2, 0.25) is 0 Å². The molecule has 1 heterocycles. The molecule has 3 aromatic carbocycles. The van der Waals surface area contributed by atoms with Crippen LogP contribution in [0.15, 0.2) is 72.8 Å². The third-order valence-corrected chi connectivity index (χ3v) is 5.53. The van der Waals surface area contributed by atoms with E-state index in [2.05, 4.69) is 47.1 Å². The van der Waals surface area contributed by atoms with Gasteiger partial charge in [0.1, 0.15) is 5.82 Å². The van der Waals surface area contributed by atoms with Gasteiger partial charge in [0.15, 0.2) is 11.5 Å². The van der Waals surface area contributed by atoms with Gasteiger partial charge in [0.05, 0.1) is 31.3 Å². The number of ether oxygens (including phenoxy) is 2. The zero-order valence-electron chi connectivity index (χ0n) is 19.7. The third-order valence-electron chi connectivity index (χ3n) is 5.53. The second kappa shape index (κ2) is 10.7. The standard InChI is InChI=1S/C28H29N3O3/c1-4-34-25-15-13-21(17-26(25)33-3)14-16-28(32)29-18-27-30-23-7-5-6-8-24(23)31(27)19-22-11-9-20(2)10-12-22/h5-17H,4,18-19H2,1-3H3,(H,29,32)/b16-14+. The SMILES string of the molecule is CCOc1ccc(/C=C/C(=O)NCc2nc3ccccc3n2Cc2ccc(C)cc2)cc1OC. The minimum absolute atomic E-state index is 0.193. The van der Waals surface area contributed by atoms with E-state index in [1.807, 2.05) is 43.3 Å². The Bertz CT molecular complexity index is 1310. The Morgan fingerprint density at radius 1 is 1.06 bits per heavy atom. The molecule has 0 atom stereocenters. The van der Waals surface area contributed by atoms with Crippen molar-refractivity contribution in [3.05, 3.63) is 95.3 Å². The topological polar surface area (TPSA) is 65.4 Å². The minimum atomic E-state index is -0.193. The van der Waals surface area contributed by atoms with E-state index in [-0.39, 0.29) is 5.91 Å². The molecule has 0 radical (unpaired) electrons. The van der Waals surface area contributed by atoms with E-state index in [0.717, 1.165) is 22.4 Å². The first kappa shape index (κ1) is 23.1. The van der Waals surface area contributed by atoms with Gasteiger partial charge >= 0.3 is 0 Å². The highest BCUT2D eigenvalue weighted by molar-refractivity contribution is 5.91. The highest BCUT2D eigenvalue weighted by Crippen LogP contribution is 2.28. The van der Waals surface area contributed by atoms with Gasteiger partial charge in [-0.15, -0.1) is 0 Å². The molecule has 0 bridgehead atoms. The van der Waals surface area contributed by atoms with E-state index in [0.29, 0.717) is 31.2 Å². The largest absolute Gasteiger partial charge is 0.493 e. The number of amides is 1. The Morgan fingerprint density at radius 3 is 2.62 bits per heavy atom. The van der Waals surface area contributed by atoms with E-state index in [1.165, 1.54) is 17.2 Å². The van der Waals surface area contributed by atoms with E-state index in [9.17, 15) is 4.79 Å². The van der Waals surface area contributed by atoms with Crippen molar-refractivity contribution in [3.8, 4) is 11.5 Å². The quantitative estimate of drug-likeness (QED) is 0.355. The lowest BCUT2D eigenvalue weighted by atomic mass is 10.1. The van der Waals surface area contributed by atoms with E-state index < -0.39 is 0 Å². The van der Waals surface area contributed by atoms with Crippen molar-refractivity contribution in [3.63, 3.8) is 0 Å². The van der Waals surface area contributed by atoms with Crippen molar-refractivity contribution in [2.24, 2.45) is 0 Å². The van der Waals surface area contributed by atoms with Crippen LogP contribution in [-0.2, 0) is 17.9 Å². The zero-order valence-corrected chi connectivity index (χ0v) is 19.7. The van der Waals surface area contributed by atoms with Crippen LogP contribution in [0.3, 0.4) is 0 Å². The second-order valence-corrected chi connectivity index (χ2v) is 7.98. The Labute approximate surface area is 199 Å². The van der Waals surface area contributed by atoms with E-state index in [4.69, 9.17) is 14.5 Å². The maximum atomic E-state index is 12.5. The predicted octanol–water partition coefficient (Wildman–Crippen LogP) is 5.13. The van der Waals surface area contributed by atoms with Crippen molar-refractivity contribution >= 4 is 23.0 Å². The fraction of sp³-hybridized carbons (Fsp3) is 0.214. The number of benzene rings is 3. The van der Waals surface area contributed by atoms with E-state index in [1.54, 1.807) is 13.2 Å². The van der Waals surface area contributed by atoms with Crippen molar-refractivity contribution in [2.45, 2.75) is 26.9 Å². The van der Waals surface area contributed by atoms with Crippen LogP contribution < -0.4 is 14.8 Å². The Kier molecular flexibility index (Phi) is 7.28. The molecule has 6 heteroatoms. The number of carbonyl (C=O) groups excluding carboxylic acids is 1. The summed E-state index contributed by atoms with van der Waals surface area (Å²) in [5, 5.41) is 2.96. The molecule has 1 aromatic heterocycles. The summed E-state index contributed by atoms with van der Waals surface area (Å²) in [6, 6.07) is 22.1. The molecule has 0 saturated heterocycles. The fourth-order valence-corrected chi connectivity index (χ4v) is 3.77. The van der Waals surface area contributed by atoms with Crippen LogP contribution in [0.4, 0.5) is 0 Å². The lowest BCUT2D eigenvalue weighted by Crippen LogP contribution is -2.23. The monoisotopic (exact) mass is 455 g/mol. The van der Waals surface area contributed by atoms with Crippen molar-refractivity contribution in [1.82, 2.24) is 14.9 Å². The summed E-state index contributed by atoms with van der Waals surface area (Å²) in [6.07, 6.45) is 3.27. The van der Waals surface area contributed by atoms with Gasteiger partial charge in [-0.2, -0.15) is 0 Å². The molecule has 0 aliphatic heterocycles. The molecule has 0 aliphatic rings. The first-order valence-corrected chi connectivity index (χ1v) is 11.3. The number of rotatable bonds is 9. The molecule has 6 nitrogen and oxygen atoms in total. The van der Waals surface area contributed by atoms with Crippen LogP contribution >= 0.6 is 0 Å². The average molecular weight is 456 g/mol. The Hall–Kier alpha value is -4.06. The third kappa shape index (κ3) is 5.46. The number of hydrogen-bond donors (Lipinski definition) is 1. The molecule has 1 amide bonds. The smallest absolute Gasteiger partial charge is 0.244 e. The molecule has 0 unspecified atom stereocenters. The number of nitrogens with zero attached hydrogens (tertiary/aromatic N) is 2. The number of aromatic nitrogens is 2. The number of para-hydroxylation sites is 2. The molecule has 4 rings (SSSR count). The summed E-state index contributed by atoms with van der Waals surface area (Å²) in [7, 11) is 1.60. The molecule has 174 valence electrons. The summed E-state index contributed by atoms with van der Waals surface area (Å²) in [5.74, 6) is 1.93. The second-order valence-electron chi connectivity index (χ2n) is 7.98. The molecule has 4 aromatic rings. The number of aryl methyl sites for hydroxylation is 1. The van der Waals surface area contributed by atoms with Crippen molar-refractivity contribution < 1.29 is 14.3 Å². The Morgan fingerprint density at radius 2 is 1.85 bits per heavy atom. The van der Waals surface area contributed by atoms with Crippen LogP contribution in [0, 0.1) is 6.92 Å². The Balaban J connectivity index is 1.47. The molecular formula is C28H29N3O3. The maximum absolute atomic E-state index is 12.5. The van der Waals surface area contributed by atoms with Gasteiger partial charge in [-0.05, 0) is 55.3 Å². The summed E-state index contributed by atoms with van der Waals surface area (Å²) in [4.78, 5) is 17.3. The summed E-state index contributed by atoms with van der Waals surface area (Å²) < 4.78 is 13.1. The lowest BCUT2D eigenvalue weighted by molar-refractivity contribution is -0.116. The van der Waals surface area contributed by atoms with Gasteiger partial charge in [-0.3, -0.25) is 4.79 Å². The lowest BCUT2D eigenvalue weighted by Gasteiger charge is -2.10. The zero-order chi connectivity index (χ0) is 23.9. The number of fused-ring (bicyclic) bond motifs is 1. The predicted molar refractivity (Wildman–Crippen MR) is 135 cm³/mol. The molecule has 1 N–H and O–H groups in total. The number of methoxy groups -OCH3 is 1. The van der Waals surface area contributed by atoms with Crippen LogP contribution in [0.5, 0.6) is 11.5 Å². The van der Waals surface area contributed by atoms with Gasteiger partial charge in [0.25, 0.3) is 0 Å². The molecule has 0 saturated carbocycles. The van der Waals surface area contributed by atoms with E-state index >= 15 is 0 Å². The highest BCUT2D eigenvalue weighted by Gasteiger charge is 2.12. The van der Waals surface area contributed by atoms with Gasteiger partial charge in [-0.1, -0.05) is 48.0 Å². The van der Waals surface area contributed by atoms with Gasteiger partial charge < -0.3 is 19.4 Å². The van der Waals surface area contributed by atoms with Crippen LogP contribution in [-0.4, -0.2) is 29.2 Å². The summed E-state index contributed by atoms with van der Waals surface area (Å²) in [5.41, 5.74) is 5.22. The average Bonchev–Trinajstić information content (AvgIpc) is 3.20. The number of nitrogens with one attached hydrogen (secondary N) is 1.